The molecule has 0 aliphatic carbocycles. The van der Waals surface area contributed by atoms with E-state index in [1.54, 1.807) is 17.5 Å². The second-order valence-corrected chi connectivity index (χ2v) is 5.86. The van der Waals surface area contributed by atoms with Crippen molar-refractivity contribution in [3.05, 3.63) is 66.1 Å². The van der Waals surface area contributed by atoms with Crippen LogP contribution in [0.3, 0.4) is 0 Å². The van der Waals surface area contributed by atoms with Crippen molar-refractivity contribution >= 4 is 21.6 Å². The Kier molecular flexibility index (Phi) is 3.30. The average molecular weight is 314 g/mol. The summed E-state index contributed by atoms with van der Waals surface area (Å²) >= 11 is 1.61. The molecule has 2 aromatic heterocycles. The molecule has 0 spiro atoms. The number of thiazole rings is 1. The van der Waals surface area contributed by atoms with Crippen molar-refractivity contribution in [3.63, 3.8) is 0 Å². The van der Waals surface area contributed by atoms with E-state index in [0.717, 1.165) is 32.6 Å². The van der Waals surface area contributed by atoms with E-state index < -0.39 is 0 Å². The van der Waals surface area contributed by atoms with Crippen LogP contribution in [-0.4, -0.2) is 15.0 Å². The van der Waals surface area contributed by atoms with Crippen LogP contribution in [0.25, 0.3) is 32.6 Å². The second kappa shape index (κ2) is 5.59. The molecule has 0 saturated heterocycles. The van der Waals surface area contributed by atoms with E-state index in [2.05, 4.69) is 21.0 Å². The molecule has 2 aromatic carbocycles. The monoisotopic (exact) mass is 314 g/mol. The molecule has 0 saturated carbocycles. The summed E-state index contributed by atoms with van der Waals surface area (Å²) in [5.41, 5.74) is 6.95. The van der Waals surface area contributed by atoms with Crippen LogP contribution in [0.1, 0.15) is 5.56 Å². The molecule has 0 fully saturated rings. The molecule has 0 aliphatic rings. The molecule has 2 heterocycles. The SMILES string of the molecule is N#Cc1cccc(-c2ccncn2)c1-c1ccc2scnc2c1. The fraction of sp³-hybridized carbons (Fsp3) is 0. The third-order valence-electron chi connectivity index (χ3n) is 3.66. The third-order valence-corrected chi connectivity index (χ3v) is 4.47. The molecule has 23 heavy (non-hydrogen) atoms. The van der Waals surface area contributed by atoms with Crippen LogP contribution in [0.15, 0.2) is 60.5 Å². The van der Waals surface area contributed by atoms with E-state index in [1.165, 1.54) is 6.33 Å². The van der Waals surface area contributed by atoms with Gasteiger partial charge in [0, 0.05) is 17.3 Å². The molecular weight excluding hydrogens is 304 g/mol. The Balaban J connectivity index is 2.01. The van der Waals surface area contributed by atoms with Gasteiger partial charge in [0.05, 0.1) is 33.1 Å². The van der Waals surface area contributed by atoms with Gasteiger partial charge in [-0.1, -0.05) is 18.2 Å². The van der Waals surface area contributed by atoms with Gasteiger partial charge in [-0.2, -0.15) is 5.26 Å². The lowest BCUT2D eigenvalue weighted by atomic mass is 9.93. The zero-order valence-electron chi connectivity index (χ0n) is 12.0. The van der Waals surface area contributed by atoms with Crippen molar-refractivity contribution < 1.29 is 0 Å². The molecule has 0 aliphatic heterocycles. The minimum absolute atomic E-state index is 0.621. The van der Waals surface area contributed by atoms with Crippen LogP contribution >= 0.6 is 11.3 Å². The summed E-state index contributed by atoms with van der Waals surface area (Å²) in [5, 5.41) is 9.53. The van der Waals surface area contributed by atoms with Gasteiger partial charge in [0.1, 0.15) is 6.33 Å². The number of nitriles is 1. The minimum atomic E-state index is 0.621. The third kappa shape index (κ3) is 2.35. The van der Waals surface area contributed by atoms with E-state index in [9.17, 15) is 5.26 Å². The van der Waals surface area contributed by atoms with Crippen LogP contribution in [0.5, 0.6) is 0 Å². The number of fused-ring (bicyclic) bond motifs is 1. The lowest BCUT2D eigenvalue weighted by Gasteiger charge is -2.11. The van der Waals surface area contributed by atoms with Gasteiger partial charge in [-0.15, -0.1) is 11.3 Å². The van der Waals surface area contributed by atoms with Gasteiger partial charge in [-0.3, -0.25) is 0 Å². The Labute approximate surface area is 136 Å². The van der Waals surface area contributed by atoms with Crippen LogP contribution in [0.4, 0.5) is 0 Å². The summed E-state index contributed by atoms with van der Waals surface area (Å²) in [6.07, 6.45) is 3.22. The summed E-state index contributed by atoms with van der Waals surface area (Å²) in [4.78, 5) is 12.7. The summed E-state index contributed by atoms with van der Waals surface area (Å²) in [5.74, 6) is 0. The highest BCUT2D eigenvalue weighted by Gasteiger charge is 2.14. The maximum atomic E-state index is 9.53. The molecule has 0 radical (unpaired) electrons. The van der Waals surface area contributed by atoms with Crippen LogP contribution in [-0.2, 0) is 0 Å². The zero-order valence-corrected chi connectivity index (χ0v) is 12.8. The highest BCUT2D eigenvalue weighted by atomic mass is 32.1. The number of benzene rings is 2. The molecule has 0 unspecified atom stereocenters. The van der Waals surface area contributed by atoms with Crippen LogP contribution in [0.2, 0.25) is 0 Å². The zero-order chi connectivity index (χ0) is 15.6. The number of rotatable bonds is 2. The van der Waals surface area contributed by atoms with Crippen LogP contribution < -0.4 is 0 Å². The number of nitrogens with zero attached hydrogens (tertiary/aromatic N) is 4. The Morgan fingerprint density at radius 2 is 2.00 bits per heavy atom. The van der Waals surface area contributed by atoms with Gasteiger partial charge in [0.15, 0.2) is 0 Å². The first-order chi connectivity index (χ1) is 11.4. The maximum Gasteiger partial charge on any atom is 0.116 e. The van der Waals surface area contributed by atoms with Crippen molar-refractivity contribution in [2.24, 2.45) is 0 Å². The summed E-state index contributed by atoms with van der Waals surface area (Å²) in [6.45, 7) is 0. The smallest absolute Gasteiger partial charge is 0.116 e. The largest absolute Gasteiger partial charge is 0.245 e. The lowest BCUT2D eigenvalue weighted by Crippen LogP contribution is -1.92. The topological polar surface area (TPSA) is 62.5 Å². The molecule has 4 aromatic rings. The number of aromatic nitrogens is 3. The van der Waals surface area contributed by atoms with Gasteiger partial charge in [0.2, 0.25) is 0 Å². The molecular formula is C18H10N4S. The number of hydrogen-bond donors (Lipinski definition) is 0. The molecule has 5 heteroatoms. The van der Waals surface area contributed by atoms with E-state index in [0.29, 0.717) is 5.56 Å². The van der Waals surface area contributed by atoms with Crippen molar-refractivity contribution in [1.82, 2.24) is 15.0 Å². The predicted molar refractivity (Wildman–Crippen MR) is 90.8 cm³/mol. The van der Waals surface area contributed by atoms with E-state index >= 15 is 0 Å². The minimum Gasteiger partial charge on any atom is -0.245 e. The average Bonchev–Trinajstić information content (AvgIpc) is 3.09. The first-order valence-corrected chi connectivity index (χ1v) is 7.88. The standard InChI is InChI=1S/C18H10N4S/c19-9-13-2-1-3-14(15-6-7-20-10-21-15)18(13)12-4-5-17-16(8-12)22-11-23-17/h1-8,10-11H. The molecule has 0 bridgehead atoms. The van der Waals surface area contributed by atoms with E-state index in [1.807, 2.05) is 48.0 Å². The van der Waals surface area contributed by atoms with E-state index in [4.69, 9.17) is 0 Å². The van der Waals surface area contributed by atoms with Crippen molar-refractivity contribution in [1.29, 1.82) is 5.26 Å². The highest BCUT2D eigenvalue weighted by Crippen LogP contribution is 2.35. The van der Waals surface area contributed by atoms with Crippen molar-refractivity contribution in [3.8, 4) is 28.5 Å². The molecule has 4 nitrogen and oxygen atoms in total. The summed E-state index contributed by atoms with van der Waals surface area (Å²) in [7, 11) is 0. The van der Waals surface area contributed by atoms with E-state index in [-0.39, 0.29) is 0 Å². The normalized spacial score (nSPS) is 10.6. The highest BCUT2D eigenvalue weighted by molar-refractivity contribution is 7.16. The first-order valence-electron chi connectivity index (χ1n) is 7.00. The lowest BCUT2D eigenvalue weighted by molar-refractivity contribution is 1.17. The van der Waals surface area contributed by atoms with Crippen LogP contribution in [0, 0.1) is 11.3 Å². The summed E-state index contributed by atoms with van der Waals surface area (Å²) in [6, 6.07) is 15.9. The molecule has 108 valence electrons. The number of hydrogen-bond acceptors (Lipinski definition) is 5. The quantitative estimate of drug-likeness (QED) is 0.553. The first kappa shape index (κ1) is 13.6. The van der Waals surface area contributed by atoms with Gasteiger partial charge >= 0.3 is 0 Å². The Morgan fingerprint density at radius 1 is 1.04 bits per heavy atom. The molecule has 4 rings (SSSR count). The Bertz CT molecular complexity index is 1030. The van der Waals surface area contributed by atoms with Gasteiger partial charge < -0.3 is 0 Å². The van der Waals surface area contributed by atoms with Crippen molar-refractivity contribution in [2.45, 2.75) is 0 Å². The van der Waals surface area contributed by atoms with Crippen molar-refractivity contribution in [2.75, 3.05) is 0 Å². The fourth-order valence-electron chi connectivity index (χ4n) is 2.63. The van der Waals surface area contributed by atoms with Gasteiger partial charge in [-0.25, -0.2) is 15.0 Å². The molecule has 0 atom stereocenters. The van der Waals surface area contributed by atoms with Gasteiger partial charge in [-0.05, 0) is 29.8 Å². The Hall–Kier alpha value is -3.10. The second-order valence-electron chi connectivity index (χ2n) is 4.97. The van der Waals surface area contributed by atoms with Gasteiger partial charge in [0.25, 0.3) is 0 Å². The Morgan fingerprint density at radius 3 is 2.83 bits per heavy atom. The fourth-order valence-corrected chi connectivity index (χ4v) is 3.29. The molecule has 0 N–H and O–H groups in total. The molecule has 0 amide bonds. The maximum absolute atomic E-state index is 9.53. The predicted octanol–water partition coefficient (Wildman–Crippen LogP) is 4.29. The summed E-state index contributed by atoms with van der Waals surface area (Å²) < 4.78 is 1.13.